The molecule has 0 atom stereocenters. The molecule has 0 bridgehead atoms. The van der Waals surface area contributed by atoms with Gasteiger partial charge in [-0.2, -0.15) is 0 Å². The minimum Gasteiger partial charge on any atom is -0.0845 e. The van der Waals surface area contributed by atoms with Gasteiger partial charge in [0.15, 0.2) is 0 Å². The van der Waals surface area contributed by atoms with Crippen molar-refractivity contribution in [3.8, 4) is 0 Å². The standard InChI is InChI=1S/C20H30/c1-6-7-8-9-10-11-12-13-14-15-16-17-19(4)20(5)18(2)3/h9-17H,6-8H2,1-5H3. The first-order valence-corrected chi connectivity index (χ1v) is 7.57. The van der Waals surface area contributed by atoms with Gasteiger partial charge in [0.25, 0.3) is 0 Å². The zero-order valence-corrected chi connectivity index (χ0v) is 13.8. The van der Waals surface area contributed by atoms with Crippen LogP contribution in [-0.2, 0) is 0 Å². The first kappa shape index (κ1) is 18.4. The summed E-state index contributed by atoms with van der Waals surface area (Å²) >= 11 is 0. The van der Waals surface area contributed by atoms with Gasteiger partial charge in [0.1, 0.15) is 0 Å². The Balaban J connectivity index is 4.10. The van der Waals surface area contributed by atoms with Crippen LogP contribution in [-0.4, -0.2) is 0 Å². The molecule has 0 saturated carbocycles. The predicted octanol–water partition coefficient (Wildman–Crippen LogP) is 6.70. The number of unbranched alkanes of at least 4 members (excludes halogenated alkanes) is 2. The molecule has 0 radical (unpaired) electrons. The summed E-state index contributed by atoms with van der Waals surface area (Å²) in [5.74, 6) is 0. The van der Waals surface area contributed by atoms with Gasteiger partial charge in [-0.15, -0.1) is 0 Å². The predicted molar refractivity (Wildman–Crippen MR) is 93.9 cm³/mol. The molecule has 0 heteroatoms. The second-order valence-electron chi connectivity index (χ2n) is 5.20. The molecule has 0 fully saturated rings. The van der Waals surface area contributed by atoms with Gasteiger partial charge >= 0.3 is 0 Å². The van der Waals surface area contributed by atoms with Crippen LogP contribution in [0.15, 0.2) is 71.4 Å². The fourth-order valence-corrected chi connectivity index (χ4v) is 1.54. The van der Waals surface area contributed by atoms with Gasteiger partial charge in [0, 0.05) is 0 Å². The van der Waals surface area contributed by atoms with E-state index in [2.05, 4.69) is 89.3 Å². The van der Waals surface area contributed by atoms with Gasteiger partial charge in [-0.3, -0.25) is 0 Å². The Morgan fingerprint density at radius 2 is 1.30 bits per heavy atom. The summed E-state index contributed by atoms with van der Waals surface area (Å²) in [4.78, 5) is 0. The third-order valence-corrected chi connectivity index (χ3v) is 3.21. The van der Waals surface area contributed by atoms with Gasteiger partial charge in [-0.25, -0.2) is 0 Å². The van der Waals surface area contributed by atoms with Crippen molar-refractivity contribution in [1.29, 1.82) is 0 Å². The third kappa shape index (κ3) is 10.4. The highest BCUT2D eigenvalue weighted by Crippen LogP contribution is 2.12. The molecule has 0 spiro atoms. The lowest BCUT2D eigenvalue weighted by Crippen LogP contribution is -1.81. The van der Waals surface area contributed by atoms with E-state index in [-0.39, 0.29) is 0 Å². The van der Waals surface area contributed by atoms with E-state index >= 15 is 0 Å². The number of hydrogen-bond donors (Lipinski definition) is 0. The lowest BCUT2D eigenvalue weighted by Gasteiger charge is -2.02. The molecule has 20 heavy (non-hydrogen) atoms. The van der Waals surface area contributed by atoms with Gasteiger partial charge in [0.05, 0.1) is 0 Å². The second-order valence-corrected chi connectivity index (χ2v) is 5.20. The van der Waals surface area contributed by atoms with E-state index in [1.807, 2.05) is 0 Å². The van der Waals surface area contributed by atoms with Crippen LogP contribution in [0.2, 0.25) is 0 Å². The molecule has 0 aromatic carbocycles. The van der Waals surface area contributed by atoms with E-state index in [0.717, 1.165) is 0 Å². The van der Waals surface area contributed by atoms with Crippen molar-refractivity contribution >= 4 is 0 Å². The van der Waals surface area contributed by atoms with Crippen LogP contribution >= 0.6 is 0 Å². The molecule has 0 aliphatic carbocycles. The SMILES string of the molecule is CCCCC=CC=CC=CC=CC=C(C)C(C)=C(C)C. The zero-order chi connectivity index (χ0) is 15.2. The van der Waals surface area contributed by atoms with Gasteiger partial charge in [0.2, 0.25) is 0 Å². The molecular weight excluding hydrogens is 240 g/mol. The second kappa shape index (κ2) is 12.5. The van der Waals surface area contributed by atoms with Crippen LogP contribution in [0, 0.1) is 0 Å². The van der Waals surface area contributed by atoms with E-state index < -0.39 is 0 Å². The quantitative estimate of drug-likeness (QED) is 0.340. The monoisotopic (exact) mass is 270 g/mol. The molecule has 0 rings (SSSR count). The first-order valence-electron chi connectivity index (χ1n) is 7.57. The van der Waals surface area contributed by atoms with E-state index in [1.165, 1.54) is 36.0 Å². The lowest BCUT2D eigenvalue weighted by molar-refractivity contribution is 0.815. The molecule has 0 aliphatic rings. The summed E-state index contributed by atoms with van der Waals surface area (Å²) < 4.78 is 0. The fraction of sp³-hybridized carbons (Fsp3) is 0.400. The minimum atomic E-state index is 1.18. The van der Waals surface area contributed by atoms with E-state index in [0.29, 0.717) is 0 Å². The molecule has 0 unspecified atom stereocenters. The summed E-state index contributed by atoms with van der Waals surface area (Å²) in [5.41, 5.74) is 4.07. The summed E-state index contributed by atoms with van der Waals surface area (Å²) in [6.45, 7) is 10.8. The van der Waals surface area contributed by atoms with Crippen molar-refractivity contribution in [1.82, 2.24) is 0 Å². The van der Waals surface area contributed by atoms with E-state index in [1.54, 1.807) is 0 Å². The molecule has 0 heterocycles. The fourth-order valence-electron chi connectivity index (χ4n) is 1.54. The number of hydrogen-bond acceptors (Lipinski definition) is 0. The first-order chi connectivity index (χ1) is 9.59. The minimum absolute atomic E-state index is 1.18. The zero-order valence-electron chi connectivity index (χ0n) is 13.8. The molecule has 0 N–H and O–H groups in total. The highest BCUT2D eigenvalue weighted by atomic mass is 14.0. The lowest BCUT2D eigenvalue weighted by atomic mass is 10.0. The van der Waals surface area contributed by atoms with Gasteiger partial charge in [-0.05, 0) is 45.3 Å². The Hall–Kier alpha value is -1.56. The Morgan fingerprint density at radius 3 is 1.85 bits per heavy atom. The summed E-state index contributed by atoms with van der Waals surface area (Å²) in [6.07, 6.45) is 22.6. The average Bonchev–Trinajstić information content (AvgIpc) is 2.43. The smallest absolute Gasteiger partial charge is 0.0348 e. The molecule has 0 aromatic rings. The van der Waals surface area contributed by atoms with Crippen molar-refractivity contribution in [3.63, 3.8) is 0 Å². The maximum Gasteiger partial charge on any atom is -0.0348 e. The highest BCUT2D eigenvalue weighted by Gasteiger charge is 1.92. The largest absolute Gasteiger partial charge is 0.0845 e. The highest BCUT2D eigenvalue weighted by molar-refractivity contribution is 5.33. The molecule has 0 saturated heterocycles. The van der Waals surface area contributed by atoms with Crippen LogP contribution in [0.1, 0.15) is 53.9 Å². The van der Waals surface area contributed by atoms with Crippen LogP contribution < -0.4 is 0 Å². The van der Waals surface area contributed by atoms with Gasteiger partial charge < -0.3 is 0 Å². The van der Waals surface area contributed by atoms with Crippen molar-refractivity contribution in [3.05, 3.63) is 71.4 Å². The Labute approximate surface area is 126 Å². The topological polar surface area (TPSA) is 0 Å². The van der Waals surface area contributed by atoms with Crippen molar-refractivity contribution in [2.75, 3.05) is 0 Å². The molecule has 0 amide bonds. The Bertz CT molecular complexity index is 419. The molecular formula is C20H30. The van der Waals surface area contributed by atoms with E-state index in [4.69, 9.17) is 0 Å². The third-order valence-electron chi connectivity index (χ3n) is 3.21. The van der Waals surface area contributed by atoms with Crippen LogP contribution in [0.3, 0.4) is 0 Å². The average molecular weight is 270 g/mol. The summed E-state index contributed by atoms with van der Waals surface area (Å²) in [6, 6.07) is 0. The maximum absolute atomic E-state index is 2.22. The number of rotatable bonds is 8. The molecule has 0 aromatic heterocycles. The van der Waals surface area contributed by atoms with Crippen LogP contribution in [0.4, 0.5) is 0 Å². The van der Waals surface area contributed by atoms with Crippen LogP contribution in [0.5, 0.6) is 0 Å². The van der Waals surface area contributed by atoms with Gasteiger partial charge in [-0.1, -0.05) is 80.0 Å². The Kier molecular flexibility index (Phi) is 11.5. The number of allylic oxidation sites excluding steroid dienone is 12. The van der Waals surface area contributed by atoms with Crippen molar-refractivity contribution in [2.24, 2.45) is 0 Å². The maximum atomic E-state index is 2.22. The van der Waals surface area contributed by atoms with Crippen molar-refractivity contribution in [2.45, 2.75) is 53.9 Å². The molecule has 110 valence electrons. The summed E-state index contributed by atoms with van der Waals surface area (Å²) in [7, 11) is 0. The normalized spacial score (nSPS) is 13.3. The molecule has 0 aliphatic heterocycles. The Morgan fingerprint density at radius 1 is 0.750 bits per heavy atom. The van der Waals surface area contributed by atoms with E-state index in [9.17, 15) is 0 Å². The molecule has 0 nitrogen and oxygen atoms in total. The summed E-state index contributed by atoms with van der Waals surface area (Å²) in [5, 5.41) is 0. The van der Waals surface area contributed by atoms with Crippen LogP contribution in [0.25, 0.3) is 0 Å². The van der Waals surface area contributed by atoms with Crippen molar-refractivity contribution < 1.29 is 0 Å².